The molecule has 2 heteroatoms. The Labute approximate surface area is 124 Å². The van der Waals surface area contributed by atoms with E-state index < -0.39 is 0 Å². The predicted molar refractivity (Wildman–Crippen MR) is 87.6 cm³/mol. The normalized spacial score (nSPS) is 11.0. The van der Waals surface area contributed by atoms with E-state index in [0.29, 0.717) is 0 Å². The zero-order valence-electron chi connectivity index (χ0n) is 12.3. The molecule has 0 aliphatic heterocycles. The van der Waals surface area contributed by atoms with Gasteiger partial charge in [0.15, 0.2) is 0 Å². The molecule has 0 atom stereocenters. The quantitative estimate of drug-likeness (QED) is 0.609. The maximum atomic E-state index is 13.1. The SMILES string of the molecule is CC(C)N(c1ccc(F)cc1)c1ccc2ccccc2c1. The molecule has 0 amide bonds. The third-order valence-electron chi connectivity index (χ3n) is 3.63. The summed E-state index contributed by atoms with van der Waals surface area (Å²) in [5, 5.41) is 2.44. The lowest BCUT2D eigenvalue weighted by Gasteiger charge is -2.29. The van der Waals surface area contributed by atoms with Gasteiger partial charge in [0.2, 0.25) is 0 Å². The number of hydrogen-bond donors (Lipinski definition) is 0. The van der Waals surface area contributed by atoms with Crippen molar-refractivity contribution in [1.82, 2.24) is 0 Å². The van der Waals surface area contributed by atoms with Crippen molar-refractivity contribution in [1.29, 1.82) is 0 Å². The minimum Gasteiger partial charge on any atom is -0.339 e. The molecule has 0 unspecified atom stereocenters. The maximum absolute atomic E-state index is 13.1. The van der Waals surface area contributed by atoms with Crippen LogP contribution in [-0.4, -0.2) is 6.04 Å². The van der Waals surface area contributed by atoms with E-state index in [1.54, 1.807) is 0 Å². The van der Waals surface area contributed by atoms with Gasteiger partial charge in [0.05, 0.1) is 0 Å². The average Bonchev–Trinajstić information content (AvgIpc) is 2.49. The van der Waals surface area contributed by atoms with Crippen molar-refractivity contribution in [2.45, 2.75) is 19.9 Å². The summed E-state index contributed by atoms with van der Waals surface area (Å²) in [5.41, 5.74) is 2.12. The Bertz CT molecular complexity index is 747. The topological polar surface area (TPSA) is 3.24 Å². The van der Waals surface area contributed by atoms with Crippen LogP contribution in [-0.2, 0) is 0 Å². The molecule has 0 saturated heterocycles. The molecule has 0 aromatic heterocycles. The Morgan fingerprint density at radius 3 is 2.05 bits per heavy atom. The molecule has 1 nitrogen and oxygen atoms in total. The van der Waals surface area contributed by atoms with Gasteiger partial charge in [-0.2, -0.15) is 0 Å². The first-order valence-electron chi connectivity index (χ1n) is 7.19. The van der Waals surface area contributed by atoms with Gasteiger partial charge < -0.3 is 4.90 Å². The fraction of sp³-hybridized carbons (Fsp3) is 0.158. The van der Waals surface area contributed by atoms with Crippen molar-refractivity contribution >= 4 is 22.1 Å². The Hall–Kier alpha value is -2.35. The summed E-state index contributed by atoms with van der Waals surface area (Å²) < 4.78 is 13.1. The molecule has 3 rings (SSSR count). The second-order valence-electron chi connectivity index (χ2n) is 5.47. The van der Waals surface area contributed by atoms with Crippen molar-refractivity contribution in [3.8, 4) is 0 Å². The van der Waals surface area contributed by atoms with Gasteiger partial charge in [-0.15, -0.1) is 0 Å². The minimum atomic E-state index is -0.207. The van der Waals surface area contributed by atoms with E-state index in [1.807, 2.05) is 24.3 Å². The van der Waals surface area contributed by atoms with Crippen LogP contribution in [0.2, 0.25) is 0 Å². The van der Waals surface area contributed by atoms with E-state index in [9.17, 15) is 4.39 Å². The molecule has 0 bridgehead atoms. The molecular formula is C19H18FN. The highest BCUT2D eigenvalue weighted by Gasteiger charge is 2.13. The van der Waals surface area contributed by atoms with Crippen molar-refractivity contribution in [2.75, 3.05) is 4.90 Å². The van der Waals surface area contributed by atoms with Gasteiger partial charge in [0.1, 0.15) is 5.82 Å². The lowest BCUT2D eigenvalue weighted by atomic mass is 10.1. The summed E-state index contributed by atoms with van der Waals surface area (Å²) in [5.74, 6) is -0.207. The number of fused-ring (bicyclic) bond motifs is 1. The predicted octanol–water partition coefficient (Wildman–Crippen LogP) is 5.53. The third kappa shape index (κ3) is 2.75. The highest BCUT2D eigenvalue weighted by Crippen LogP contribution is 2.30. The first-order chi connectivity index (χ1) is 10.1. The average molecular weight is 279 g/mol. The zero-order valence-corrected chi connectivity index (χ0v) is 12.3. The molecule has 0 N–H and O–H groups in total. The molecule has 0 aliphatic rings. The van der Waals surface area contributed by atoms with Crippen molar-refractivity contribution in [3.63, 3.8) is 0 Å². The summed E-state index contributed by atoms with van der Waals surface area (Å²) >= 11 is 0. The standard InChI is InChI=1S/C19H18FN/c1-14(2)21(18-11-8-17(20)9-12-18)19-10-7-15-5-3-4-6-16(15)13-19/h3-14H,1-2H3. The highest BCUT2D eigenvalue weighted by molar-refractivity contribution is 5.87. The van der Waals surface area contributed by atoms with Crippen molar-refractivity contribution in [3.05, 3.63) is 72.5 Å². The molecule has 0 spiro atoms. The molecule has 0 aliphatic carbocycles. The maximum Gasteiger partial charge on any atom is 0.123 e. The van der Waals surface area contributed by atoms with E-state index in [-0.39, 0.29) is 11.9 Å². The third-order valence-corrected chi connectivity index (χ3v) is 3.63. The van der Waals surface area contributed by atoms with Crippen LogP contribution < -0.4 is 4.90 Å². The summed E-state index contributed by atoms with van der Waals surface area (Å²) in [6.45, 7) is 4.27. The van der Waals surface area contributed by atoms with E-state index in [0.717, 1.165) is 11.4 Å². The largest absolute Gasteiger partial charge is 0.339 e. The molecule has 0 saturated carbocycles. The molecule has 0 fully saturated rings. The van der Waals surface area contributed by atoms with Crippen molar-refractivity contribution in [2.24, 2.45) is 0 Å². The monoisotopic (exact) mass is 279 g/mol. The first-order valence-corrected chi connectivity index (χ1v) is 7.19. The Kier molecular flexibility index (Phi) is 3.61. The van der Waals surface area contributed by atoms with E-state index >= 15 is 0 Å². The van der Waals surface area contributed by atoms with Gasteiger partial charge in [-0.25, -0.2) is 4.39 Å². The van der Waals surface area contributed by atoms with E-state index in [1.165, 1.54) is 22.9 Å². The summed E-state index contributed by atoms with van der Waals surface area (Å²) in [6.07, 6.45) is 0. The molecule has 21 heavy (non-hydrogen) atoms. The van der Waals surface area contributed by atoms with Crippen molar-refractivity contribution < 1.29 is 4.39 Å². The minimum absolute atomic E-state index is 0.207. The summed E-state index contributed by atoms with van der Waals surface area (Å²) in [4.78, 5) is 2.21. The molecule has 106 valence electrons. The summed E-state index contributed by atoms with van der Waals surface area (Å²) in [7, 11) is 0. The van der Waals surface area contributed by atoms with E-state index in [4.69, 9.17) is 0 Å². The number of halogens is 1. The number of benzene rings is 3. The second kappa shape index (κ2) is 5.57. The van der Waals surface area contributed by atoms with Gasteiger partial charge in [0.25, 0.3) is 0 Å². The Balaban J connectivity index is 2.08. The van der Waals surface area contributed by atoms with Crippen LogP contribution in [0.25, 0.3) is 10.8 Å². The number of nitrogens with zero attached hydrogens (tertiary/aromatic N) is 1. The number of hydrogen-bond acceptors (Lipinski definition) is 1. The van der Waals surface area contributed by atoms with Crippen LogP contribution in [0.1, 0.15) is 13.8 Å². The number of anilines is 2. The van der Waals surface area contributed by atoms with Gasteiger partial charge >= 0.3 is 0 Å². The van der Waals surface area contributed by atoms with Crippen LogP contribution in [0.4, 0.5) is 15.8 Å². The smallest absolute Gasteiger partial charge is 0.123 e. The molecule has 3 aromatic rings. The van der Waals surface area contributed by atoms with Crippen LogP contribution in [0.15, 0.2) is 66.7 Å². The second-order valence-corrected chi connectivity index (χ2v) is 5.47. The fourth-order valence-corrected chi connectivity index (χ4v) is 2.67. The molecule has 0 heterocycles. The molecular weight excluding hydrogens is 261 g/mol. The van der Waals surface area contributed by atoms with Crippen LogP contribution in [0.5, 0.6) is 0 Å². The van der Waals surface area contributed by atoms with Crippen LogP contribution in [0, 0.1) is 5.82 Å². The summed E-state index contributed by atoms with van der Waals surface area (Å²) in [6, 6.07) is 21.7. The first kappa shape index (κ1) is 13.6. The van der Waals surface area contributed by atoms with Gasteiger partial charge in [-0.3, -0.25) is 0 Å². The van der Waals surface area contributed by atoms with Gasteiger partial charge in [0, 0.05) is 17.4 Å². The zero-order chi connectivity index (χ0) is 14.8. The molecule has 0 radical (unpaired) electrons. The lowest BCUT2D eigenvalue weighted by molar-refractivity contribution is 0.627. The van der Waals surface area contributed by atoms with Crippen LogP contribution in [0.3, 0.4) is 0 Å². The van der Waals surface area contributed by atoms with Gasteiger partial charge in [-0.1, -0.05) is 30.3 Å². The lowest BCUT2D eigenvalue weighted by Crippen LogP contribution is -2.25. The van der Waals surface area contributed by atoms with Gasteiger partial charge in [-0.05, 0) is 61.0 Å². The molecule has 3 aromatic carbocycles. The van der Waals surface area contributed by atoms with Crippen LogP contribution >= 0.6 is 0 Å². The fourth-order valence-electron chi connectivity index (χ4n) is 2.67. The Morgan fingerprint density at radius 1 is 0.762 bits per heavy atom. The Morgan fingerprint density at radius 2 is 1.38 bits per heavy atom. The number of rotatable bonds is 3. The highest BCUT2D eigenvalue weighted by atomic mass is 19.1. The van der Waals surface area contributed by atoms with E-state index in [2.05, 4.69) is 49.1 Å².